The number of carbonyl (C=O) groups is 1. The molecule has 0 spiro atoms. The van der Waals surface area contributed by atoms with Crippen LogP contribution < -0.4 is 0 Å². The van der Waals surface area contributed by atoms with Gasteiger partial charge in [0, 0.05) is 13.0 Å². The summed E-state index contributed by atoms with van der Waals surface area (Å²) in [4.78, 5) is 14.3. The van der Waals surface area contributed by atoms with Gasteiger partial charge < -0.3 is 4.74 Å². The van der Waals surface area contributed by atoms with Gasteiger partial charge in [-0.05, 0) is 43.8 Å². The molecule has 0 aromatic heterocycles. The largest absolute Gasteiger partial charge is 0.461 e. The van der Waals surface area contributed by atoms with Gasteiger partial charge in [-0.1, -0.05) is 30.3 Å². The van der Waals surface area contributed by atoms with Crippen LogP contribution in [0.5, 0.6) is 0 Å². The lowest BCUT2D eigenvalue weighted by Gasteiger charge is -2.43. The summed E-state index contributed by atoms with van der Waals surface area (Å²) in [5.41, 5.74) is 1.20. The Morgan fingerprint density at radius 1 is 1.21 bits per heavy atom. The number of nitrogens with zero attached hydrogens (tertiary/aromatic N) is 1. The molecule has 3 aliphatic rings. The van der Waals surface area contributed by atoms with E-state index in [9.17, 15) is 4.79 Å². The molecule has 102 valence electrons. The summed E-state index contributed by atoms with van der Waals surface area (Å²) >= 11 is 0. The number of ether oxygens (including phenoxy) is 1. The second-order valence-electron chi connectivity index (χ2n) is 5.65. The van der Waals surface area contributed by atoms with Gasteiger partial charge >= 0.3 is 5.97 Å². The van der Waals surface area contributed by atoms with Crippen molar-refractivity contribution in [1.29, 1.82) is 0 Å². The van der Waals surface area contributed by atoms with E-state index in [0.29, 0.717) is 12.3 Å². The first-order valence-electron chi connectivity index (χ1n) is 7.27. The van der Waals surface area contributed by atoms with E-state index in [-0.39, 0.29) is 12.1 Å². The maximum absolute atomic E-state index is 11.9. The fraction of sp³-hybridized carbons (Fsp3) is 0.562. The first kappa shape index (κ1) is 12.7. The van der Waals surface area contributed by atoms with Gasteiger partial charge in [0.05, 0.1) is 0 Å². The van der Waals surface area contributed by atoms with Crippen molar-refractivity contribution in [3.05, 3.63) is 35.9 Å². The molecule has 3 heteroatoms. The van der Waals surface area contributed by atoms with Crippen molar-refractivity contribution >= 4 is 5.97 Å². The SMILES string of the molecule is O=C(CCc1ccccc1)O[C@@H]1CN2CCC1CC2. The van der Waals surface area contributed by atoms with Crippen molar-refractivity contribution in [2.24, 2.45) is 5.92 Å². The number of carbonyl (C=O) groups excluding carboxylic acids is 1. The van der Waals surface area contributed by atoms with E-state index in [1.165, 1.54) is 31.5 Å². The Bertz CT molecular complexity index is 424. The standard InChI is InChI=1S/C16H21NO2/c18-16(7-6-13-4-2-1-3-5-13)19-15-12-17-10-8-14(15)9-11-17/h1-5,14-15H,6-12H2/t15-/m1/s1. The van der Waals surface area contributed by atoms with Crippen molar-refractivity contribution in [1.82, 2.24) is 4.90 Å². The number of benzene rings is 1. The minimum Gasteiger partial charge on any atom is -0.461 e. The molecule has 3 heterocycles. The fourth-order valence-electron chi connectivity index (χ4n) is 3.16. The quantitative estimate of drug-likeness (QED) is 0.777. The van der Waals surface area contributed by atoms with Gasteiger partial charge in [-0.15, -0.1) is 0 Å². The first-order valence-corrected chi connectivity index (χ1v) is 7.27. The van der Waals surface area contributed by atoms with Gasteiger partial charge in [0.2, 0.25) is 0 Å². The highest BCUT2D eigenvalue weighted by molar-refractivity contribution is 5.70. The number of hydrogen-bond donors (Lipinski definition) is 0. The Morgan fingerprint density at radius 2 is 1.95 bits per heavy atom. The Kier molecular flexibility index (Phi) is 3.83. The van der Waals surface area contributed by atoms with E-state index in [4.69, 9.17) is 4.74 Å². The smallest absolute Gasteiger partial charge is 0.306 e. The summed E-state index contributed by atoms with van der Waals surface area (Å²) < 4.78 is 5.67. The summed E-state index contributed by atoms with van der Waals surface area (Å²) in [6.45, 7) is 3.31. The molecule has 3 saturated heterocycles. The Balaban J connectivity index is 1.46. The molecule has 0 N–H and O–H groups in total. The Morgan fingerprint density at radius 3 is 2.58 bits per heavy atom. The van der Waals surface area contributed by atoms with Gasteiger partial charge in [-0.2, -0.15) is 0 Å². The number of hydrogen-bond acceptors (Lipinski definition) is 3. The maximum Gasteiger partial charge on any atom is 0.306 e. The van der Waals surface area contributed by atoms with Crippen molar-refractivity contribution in [2.75, 3.05) is 19.6 Å². The van der Waals surface area contributed by atoms with Crippen LogP contribution in [0.25, 0.3) is 0 Å². The number of esters is 1. The molecule has 1 atom stereocenters. The molecule has 1 aromatic carbocycles. The second-order valence-corrected chi connectivity index (χ2v) is 5.65. The molecule has 0 saturated carbocycles. The average Bonchev–Trinajstić information content (AvgIpc) is 2.47. The van der Waals surface area contributed by atoms with E-state index in [1.807, 2.05) is 18.2 Å². The van der Waals surface area contributed by atoms with Gasteiger partial charge in [0.25, 0.3) is 0 Å². The number of piperidine rings is 3. The molecule has 0 aliphatic carbocycles. The van der Waals surface area contributed by atoms with Crippen LogP contribution in [0.3, 0.4) is 0 Å². The van der Waals surface area contributed by atoms with Gasteiger partial charge in [0.15, 0.2) is 0 Å². The minimum absolute atomic E-state index is 0.0393. The minimum atomic E-state index is -0.0393. The molecule has 0 amide bonds. The third kappa shape index (κ3) is 3.16. The summed E-state index contributed by atoms with van der Waals surface area (Å²) in [6.07, 6.45) is 3.80. The highest BCUT2D eigenvalue weighted by Gasteiger charge is 2.36. The molecule has 3 aliphatic heterocycles. The zero-order valence-corrected chi connectivity index (χ0v) is 11.3. The lowest BCUT2D eigenvalue weighted by Crippen LogP contribution is -2.51. The third-order valence-corrected chi connectivity index (χ3v) is 4.34. The predicted octanol–water partition coefficient (Wildman–Crippen LogP) is 2.26. The number of aryl methyl sites for hydroxylation is 1. The normalized spacial score (nSPS) is 29.2. The van der Waals surface area contributed by atoms with E-state index >= 15 is 0 Å². The van der Waals surface area contributed by atoms with Crippen LogP contribution in [0.2, 0.25) is 0 Å². The van der Waals surface area contributed by atoms with Crippen LogP contribution >= 0.6 is 0 Å². The highest BCUT2D eigenvalue weighted by atomic mass is 16.5. The molecule has 0 unspecified atom stereocenters. The van der Waals surface area contributed by atoms with E-state index < -0.39 is 0 Å². The maximum atomic E-state index is 11.9. The monoisotopic (exact) mass is 259 g/mol. The van der Waals surface area contributed by atoms with Gasteiger partial charge in [0.1, 0.15) is 6.10 Å². The molecule has 3 fully saturated rings. The molecule has 1 aromatic rings. The summed E-state index contributed by atoms with van der Waals surface area (Å²) in [6, 6.07) is 10.1. The summed E-state index contributed by atoms with van der Waals surface area (Å²) in [5, 5.41) is 0. The molecule has 2 bridgehead atoms. The summed E-state index contributed by atoms with van der Waals surface area (Å²) in [7, 11) is 0. The van der Waals surface area contributed by atoms with E-state index in [2.05, 4.69) is 17.0 Å². The molecule has 0 radical (unpaired) electrons. The van der Waals surface area contributed by atoms with Crippen LogP contribution in [-0.4, -0.2) is 36.6 Å². The number of fused-ring (bicyclic) bond motifs is 3. The van der Waals surface area contributed by atoms with Crippen LogP contribution in [0.1, 0.15) is 24.8 Å². The Labute approximate surface area is 114 Å². The van der Waals surface area contributed by atoms with Crippen LogP contribution in [0.4, 0.5) is 0 Å². The second kappa shape index (κ2) is 5.74. The fourth-order valence-corrected chi connectivity index (χ4v) is 3.16. The third-order valence-electron chi connectivity index (χ3n) is 4.34. The molecule has 3 nitrogen and oxygen atoms in total. The average molecular weight is 259 g/mol. The molecule has 19 heavy (non-hydrogen) atoms. The van der Waals surface area contributed by atoms with Crippen LogP contribution in [-0.2, 0) is 16.0 Å². The first-order chi connectivity index (χ1) is 9.31. The van der Waals surface area contributed by atoms with E-state index in [0.717, 1.165) is 13.0 Å². The van der Waals surface area contributed by atoms with Gasteiger partial charge in [-0.25, -0.2) is 0 Å². The van der Waals surface area contributed by atoms with E-state index in [1.54, 1.807) is 0 Å². The lowest BCUT2D eigenvalue weighted by atomic mass is 9.86. The molecular formula is C16H21NO2. The zero-order chi connectivity index (χ0) is 13.1. The van der Waals surface area contributed by atoms with Crippen LogP contribution in [0.15, 0.2) is 30.3 Å². The molecular weight excluding hydrogens is 238 g/mol. The number of rotatable bonds is 4. The van der Waals surface area contributed by atoms with Crippen molar-refractivity contribution in [2.45, 2.75) is 31.8 Å². The zero-order valence-electron chi connectivity index (χ0n) is 11.3. The van der Waals surface area contributed by atoms with Crippen LogP contribution in [0, 0.1) is 5.92 Å². The Hall–Kier alpha value is -1.35. The highest BCUT2D eigenvalue weighted by Crippen LogP contribution is 2.29. The predicted molar refractivity (Wildman–Crippen MR) is 73.8 cm³/mol. The van der Waals surface area contributed by atoms with Crippen molar-refractivity contribution in [3.63, 3.8) is 0 Å². The summed E-state index contributed by atoms with van der Waals surface area (Å²) in [5.74, 6) is 0.563. The van der Waals surface area contributed by atoms with Crippen molar-refractivity contribution < 1.29 is 9.53 Å². The topological polar surface area (TPSA) is 29.5 Å². The van der Waals surface area contributed by atoms with Gasteiger partial charge in [-0.3, -0.25) is 9.69 Å². The molecule has 4 rings (SSSR count). The van der Waals surface area contributed by atoms with Crippen molar-refractivity contribution in [3.8, 4) is 0 Å². The lowest BCUT2D eigenvalue weighted by molar-refractivity contribution is -0.158.